The van der Waals surface area contributed by atoms with Gasteiger partial charge in [0.1, 0.15) is 5.69 Å². The zero-order chi connectivity index (χ0) is 18.4. The third-order valence-electron chi connectivity index (χ3n) is 3.55. The molecule has 1 aromatic heterocycles. The first kappa shape index (κ1) is 18.3. The van der Waals surface area contributed by atoms with E-state index in [9.17, 15) is 14.4 Å². The molecule has 8 heteroatoms. The lowest BCUT2D eigenvalue weighted by Crippen LogP contribution is -2.28. The van der Waals surface area contributed by atoms with Crippen molar-refractivity contribution < 1.29 is 4.79 Å². The van der Waals surface area contributed by atoms with Gasteiger partial charge < -0.3 is 0 Å². The maximum absolute atomic E-state index is 11.7. The Labute approximate surface area is 144 Å². The van der Waals surface area contributed by atoms with Crippen molar-refractivity contribution in [2.24, 2.45) is 5.10 Å². The van der Waals surface area contributed by atoms with E-state index < -0.39 is 11.2 Å². The van der Waals surface area contributed by atoms with Gasteiger partial charge in [0.25, 0.3) is 5.56 Å². The van der Waals surface area contributed by atoms with E-state index in [0.29, 0.717) is 0 Å². The number of H-pyrrole nitrogens is 2. The third kappa shape index (κ3) is 5.52. The zero-order valence-electron chi connectivity index (χ0n) is 14.4. The molecule has 3 N–H and O–H groups in total. The average molecular weight is 343 g/mol. The van der Waals surface area contributed by atoms with E-state index in [1.165, 1.54) is 5.56 Å². The van der Waals surface area contributed by atoms with Crippen molar-refractivity contribution >= 4 is 12.1 Å². The molecule has 0 fully saturated rings. The maximum Gasteiger partial charge on any atom is 0.342 e. The highest BCUT2D eigenvalue weighted by atomic mass is 16.2. The molecule has 0 radical (unpaired) electrons. The van der Waals surface area contributed by atoms with Crippen molar-refractivity contribution in [3.63, 3.8) is 0 Å². The van der Waals surface area contributed by atoms with Crippen molar-refractivity contribution in [1.82, 2.24) is 20.6 Å². The van der Waals surface area contributed by atoms with Crippen LogP contribution in [0.1, 0.15) is 44.0 Å². The second-order valence-electron chi connectivity index (χ2n) is 6.62. The summed E-state index contributed by atoms with van der Waals surface area (Å²) in [6, 6.07) is 7.91. The number of benzene rings is 1. The van der Waals surface area contributed by atoms with Crippen LogP contribution in [-0.2, 0) is 16.6 Å². The minimum Gasteiger partial charge on any atom is -0.273 e. The van der Waals surface area contributed by atoms with Crippen molar-refractivity contribution in [3.05, 3.63) is 61.9 Å². The largest absolute Gasteiger partial charge is 0.342 e. The Hall–Kier alpha value is -3.03. The van der Waals surface area contributed by atoms with E-state index in [4.69, 9.17) is 0 Å². The normalized spacial score (nSPS) is 11.6. The smallest absolute Gasteiger partial charge is 0.273 e. The molecule has 25 heavy (non-hydrogen) atoms. The molecule has 1 aromatic carbocycles. The lowest BCUT2D eigenvalue weighted by molar-refractivity contribution is -0.121. The second-order valence-corrected chi connectivity index (χ2v) is 6.62. The second kappa shape index (κ2) is 7.69. The molecular weight excluding hydrogens is 322 g/mol. The fourth-order valence-corrected chi connectivity index (χ4v) is 2.08. The van der Waals surface area contributed by atoms with E-state index in [0.717, 1.165) is 5.56 Å². The molecule has 0 aliphatic heterocycles. The molecule has 0 atom stereocenters. The van der Waals surface area contributed by atoms with Crippen molar-refractivity contribution in [3.8, 4) is 0 Å². The fourth-order valence-electron chi connectivity index (χ4n) is 2.08. The summed E-state index contributed by atoms with van der Waals surface area (Å²) in [5.41, 5.74) is 3.37. The van der Waals surface area contributed by atoms with Gasteiger partial charge in [0.05, 0.1) is 6.21 Å². The zero-order valence-corrected chi connectivity index (χ0v) is 14.4. The van der Waals surface area contributed by atoms with Gasteiger partial charge in [-0.2, -0.15) is 10.2 Å². The van der Waals surface area contributed by atoms with E-state index in [2.05, 4.69) is 46.5 Å². The van der Waals surface area contributed by atoms with Crippen LogP contribution in [0, 0.1) is 0 Å². The number of hydrogen-bond acceptors (Lipinski definition) is 5. The van der Waals surface area contributed by atoms with Gasteiger partial charge in [0, 0.05) is 12.8 Å². The predicted octanol–water partition coefficient (Wildman–Crippen LogP) is 0.839. The highest BCUT2D eigenvalue weighted by Crippen LogP contribution is 2.21. The summed E-state index contributed by atoms with van der Waals surface area (Å²) in [5.74, 6) is -0.352. The van der Waals surface area contributed by atoms with Crippen molar-refractivity contribution in [2.45, 2.75) is 39.0 Å². The van der Waals surface area contributed by atoms with Crippen LogP contribution in [0.15, 0.2) is 39.0 Å². The van der Waals surface area contributed by atoms with E-state index in [1.807, 2.05) is 24.3 Å². The van der Waals surface area contributed by atoms with Crippen LogP contribution in [0.4, 0.5) is 0 Å². The van der Waals surface area contributed by atoms with Gasteiger partial charge in [0.2, 0.25) is 5.91 Å². The van der Waals surface area contributed by atoms with Gasteiger partial charge in [-0.15, -0.1) is 0 Å². The highest BCUT2D eigenvalue weighted by Gasteiger charge is 2.12. The first-order valence-electron chi connectivity index (χ1n) is 7.86. The SMILES string of the molecule is CC(C)(C)c1ccc(/C=N/NC(=O)CCc2n[nH]c(=O)[nH]c2=O)cc1. The molecule has 0 bridgehead atoms. The van der Waals surface area contributed by atoms with E-state index in [1.54, 1.807) is 6.21 Å². The number of aryl methyl sites for hydroxylation is 1. The third-order valence-corrected chi connectivity index (χ3v) is 3.55. The minimum atomic E-state index is -0.680. The molecule has 0 saturated heterocycles. The van der Waals surface area contributed by atoms with Gasteiger partial charge in [-0.1, -0.05) is 45.0 Å². The maximum atomic E-state index is 11.7. The van der Waals surface area contributed by atoms with Gasteiger partial charge in [-0.25, -0.2) is 15.3 Å². The first-order chi connectivity index (χ1) is 11.8. The van der Waals surface area contributed by atoms with Gasteiger partial charge in [-0.05, 0) is 16.5 Å². The van der Waals surface area contributed by atoms with Crippen LogP contribution in [-0.4, -0.2) is 27.3 Å². The topological polar surface area (TPSA) is 120 Å². The summed E-state index contributed by atoms with van der Waals surface area (Å²) in [6.07, 6.45) is 1.69. The quantitative estimate of drug-likeness (QED) is 0.550. The number of aromatic nitrogens is 3. The Kier molecular flexibility index (Phi) is 5.63. The van der Waals surface area contributed by atoms with Crippen LogP contribution in [0.5, 0.6) is 0 Å². The Morgan fingerprint density at radius 1 is 1.24 bits per heavy atom. The number of hydrazone groups is 1. The summed E-state index contributed by atoms with van der Waals surface area (Å²) in [6.45, 7) is 6.41. The van der Waals surface area contributed by atoms with Crippen LogP contribution < -0.4 is 16.7 Å². The summed E-state index contributed by atoms with van der Waals surface area (Å²) < 4.78 is 0. The highest BCUT2D eigenvalue weighted by molar-refractivity contribution is 5.82. The van der Waals surface area contributed by atoms with Gasteiger partial charge in [-0.3, -0.25) is 14.6 Å². The van der Waals surface area contributed by atoms with Gasteiger partial charge >= 0.3 is 5.69 Å². The number of hydrogen-bond donors (Lipinski definition) is 3. The lowest BCUT2D eigenvalue weighted by Gasteiger charge is -2.18. The molecule has 1 heterocycles. The monoisotopic (exact) mass is 343 g/mol. The van der Waals surface area contributed by atoms with Crippen LogP contribution in [0.25, 0.3) is 0 Å². The number of amides is 1. The Morgan fingerprint density at radius 3 is 2.52 bits per heavy atom. The molecule has 2 rings (SSSR count). The number of carbonyl (C=O) groups is 1. The molecule has 0 aliphatic rings. The average Bonchev–Trinajstić information content (AvgIpc) is 2.53. The number of carbonyl (C=O) groups excluding carboxylic acids is 1. The molecule has 0 unspecified atom stereocenters. The molecule has 8 nitrogen and oxygen atoms in total. The number of aromatic amines is 2. The first-order valence-corrected chi connectivity index (χ1v) is 7.86. The summed E-state index contributed by atoms with van der Waals surface area (Å²) in [5, 5.41) is 9.62. The number of rotatable bonds is 5. The number of nitrogens with zero attached hydrogens (tertiary/aromatic N) is 2. The lowest BCUT2D eigenvalue weighted by atomic mass is 9.87. The Bertz CT molecular complexity index is 873. The molecule has 0 saturated carbocycles. The number of nitrogens with one attached hydrogen (secondary N) is 3. The summed E-state index contributed by atoms with van der Waals surface area (Å²) >= 11 is 0. The van der Waals surface area contributed by atoms with E-state index >= 15 is 0 Å². The van der Waals surface area contributed by atoms with Crippen LogP contribution >= 0.6 is 0 Å². The predicted molar refractivity (Wildman–Crippen MR) is 94.7 cm³/mol. The van der Waals surface area contributed by atoms with Gasteiger partial charge in [0.15, 0.2) is 0 Å². The Morgan fingerprint density at radius 2 is 1.92 bits per heavy atom. The Balaban J connectivity index is 1.86. The van der Waals surface area contributed by atoms with Crippen LogP contribution in [0.3, 0.4) is 0 Å². The summed E-state index contributed by atoms with van der Waals surface area (Å²) in [7, 11) is 0. The molecule has 132 valence electrons. The molecule has 1 amide bonds. The molecule has 2 aromatic rings. The van der Waals surface area contributed by atoms with Crippen LogP contribution in [0.2, 0.25) is 0 Å². The fraction of sp³-hybridized carbons (Fsp3) is 0.353. The van der Waals surface area contributed by atoms with E-state index in [-0.39, 0.29) is 29.9 Å². The molecular formula is C17H21N5O3. The molecule has 0 spiro atoms. The minimum absolute atomic E-state index is 0.0302. The standard InChI is InChI=1S/C17H21N5O3/c1-17(2,3)12-6-4-11(5-7-12)10-18-21-14(23)9-8-13-15(24)19-16(25)22-20-13/h4-7,10H,8-9H2,1-3H3,(H,21,23)(H2,19,22,24,25)/b18-10+. The van der Waals surface area contributed by atoms with Crippen molar-refractivity contribution in [2.75, 3.05) is 0 Å². The molecule has 0 aliphatic carbocycles. The van der Waals surface area contributed by atoms with Crippen molar-refractivity contribution in [1.29, 1.82) is 0 Å². The summed E-state index contributed by atoms with van der Waals surface area (Å²) in [4.78, 5) is 36.1.